The Morgan fingerprint density at radius 3 is 2.57 bits per heavy atom. The summed E-state index contributed by atoms with van der Waals surface area (Å²) in [6.07, 6.45) is 12.1. The summed E-state index contributed by atoms with van der Waals surface area (Å²) in [5, 5.41) is 0. The van der Waals surface area contributed by atoms with Crippen LogP contribution in [0.3, 0.4) is 0 Å². The highest BCUT2D eigenvalue weighted by molar-refractivity contribution is 5.92. The van der Waals surface area contributed by atoms with Crippen LogP contribution in [0.2, 0.25) is 0 Å². The lowest BCUT2D eigenvalue weighted by atomic mass is 9.49. The fourth-order valence-electron chi connectivity index (χ4n) is 5.77. The van der Waals surface area contributed by atoms with Gasteiger partial charge in [-0.25, -0.2) is 0 Å². The molecule has 5 atom stereocenters. The first-order chi connectivity index (χ1) is 9.95. The first-order valence-corrected chi connectivity index (χ1v) is 8.42. The molecule has 0 N–H and O–H groups in total. The van der Waals surface area contributed by atoms with Crippen LogP contribution >= 0.6 is 0 Å². The van der Waals surface area contributed by atoms with E-state index in [0.717, 1.165) is 32.1 Å². The van der Waals surface area contributed by atoms with Gasteiger partial charge in [-0.05, 0) is 60.5 Å². The third-order valence-electron chi connectivity index (χ3n) is 7.22. The highest BCUT2D eigenvalue weighted by Crippen LogP contribution is 2.62. The topological polar surface area (TPSA) is 34.1 Å². The second-order valence-corrected chi connectivity index (χ2v) is 8.05. The summed E-state index contributed by atoms with van der Waals surface area (Å²) >= 11 is 0. The van der Waals surface area contributed by atoms with Crippen molar-refractivity contribution in [3.63, 3.8) is 0 Å². The molecule has 3 unspecified atom stereocenters. The van der Waals surface area contributed by atoms with Crippen LogP contribution in [0.25, 0.3) is 0 Å². The molecule has 4 rings (SSSR count). The lowest BCUT2D eigenvalue weighted by Crippen LogP contribution is -2.49. The fourth-order valence-corrected chi connectivity index (χ4v) is 5.77. The lowest BCUT2D eigenvalue weighted by Gasteiger charge is -2.54. The third-order valence-corrected chi connectivity index (χ3v) is 7.22. The zero-order chi connectivity index (χ0) is 14.8. The van der Waals surface area contributed by atoms with E-state index in [0.29, 0.717) is 30.0 Å². The van der Waals surface area contributed by atoms with Crippen molar-refractivity contribution in [3.8, 4) is 0 Å². The minimum atomic E-state index is -0.0758. The molecule has 112 valence electrons. The van der Waals surface area contributed by atoms with Crippen LogP contribution in [-0.2, 0) is 9.59 Å². The first-order valence-electron chi connectivity index (χ1n) is 8.42. The van der Waals surface area contributed by atoms with Gasteiger partial charge in [0.2, 0.25) is 0 Å². The van der Waals surface area contributed by atoms with Crippen molar-refractivity contribution in [1.82, 2.24) is 0 Å². The summed E-state index contributed by atoms with van der Waals surface area (Å²) in [6, 6.07) is 0. The molecule has 4 aliphatic carbocycles. The molecule has 0 aliphatic heterocycles. The molecule has 4 aliphatic rings. The van der Waals surface area contributed by atoms with E-state index in [1.807, 2.05) is 6.08 Å². The van der Waals surface area contributed by atoms with E-state index in [1.54, 1.807) is 0 Å². The Morgan fingerprint density at radius 1 is 1.00 bits per heavy atom. The molecule has 0 aromatic carbocycles. The minimum absolute atomic E-state index is 0.0758. The third kappa shape index (κ3) is 1.65. The number of allylic oxidation sites excluding steroid dienone is 4. The SMILES string of the molecule is C[C@@]12CCC3C(C=CC4=CC(=O)CC[C@]43C)C1CCC2=O. The molecule has 0 heterocycles. The van der Waals surface area contributed by atoms with E-state index in [2.05, 4.69) is 26.0 Å². The van der Waals surface area contributed by atoms with Crippen molar-refractivity contribution >= 4 is 11.6 Å². The van der Waals surface area contributed by atoms with Crippen LogP contribution in [0.4, 0.5) is 0 Å². The Hall–Kier alpha value is -1.18. The molecule has 0 radical (unpaired) electrons. The quantitative estimate of drug-likeness (QED) is 0.677. The Morgan fingerprint density at radius 2 is 1.76 bits per heavy atom. The maximum atomic E-state index is 12.3. The average molecular weight is 284 g/mol. The molecule has 0 saturated heterocycles. The predicted molar refractivity (Wildman–Crippen MR) is 81.6 cm³/mol. The highest BCUT2D eigenvalue weighted by atomic mass is 16.1. The molecule has 2 heteroatoms. The van der Waals surface area contributed by atoms with Gasteiger partial charge < -0.3 is 0 Å². The first kappa shape index (κ1) is 13.5. The number of hydrogen-bond donors (Lipinski definition) is 0. The van der Waals surface area contributed by atoms with Gasteiger partial charge in [0.1, 0.15) is 5.78 Å². The number of fused-ring (bicyclic) bond motifs is 5. The van der Waals surface area contributed by atoms with Crippen molar-refractivity contribution < 1.29 is 9.59 Å². The molecular formula is C19H24O2. The van der Waals surface area contributed by atoms with Crippen LogP contribution in [0, 0.1) is 28.6 Å². The summed E-state index contributed by atoms with van der Waals surface area (Å²) in [5.41, 5.74) is 1.32. The van der Waals surface area contributed by atoms with Crippen molar-refractivity contribution in [3.05, 3.63) is 23.8 Å². The number of Topliss-reactive ketones (excluding diaryl/α,β-unsaturated/α-hetero) is 1. The smallest absolute Gasteiger partial charge is 0.156 e. The van der Waals surface area contributed by atoms with Crippen LogP contribution < -0.4 is 0 Å². The Bertz CT molecular complexity index is 584. The minimum Gasteiger partial charge on any atom is -0.299 e. The monoisotopic (exact) mass is 284 g/mol. The number of ketones is 2. The van der Waals surface area contributed by atoms with E-state index in [-0.39, 0.29) is 16.6 Å². The molecule has 2 nitrogen and oxygen atoms in total. The fraction of sp³-hybridized carbons (Fsp3) is 0.684. The largest absolute Gasteiger partial charge is 0.299 e. The van der Waals surface area contributed by atoms with E-state index in [9.17, 15) is 9.59 Å². The van der Waals surface area contributed by atoms with Crippen molar-refractivity contribution in [2.24, 2.45) is 28.6 Å². The van der Waals surface area contributed by atoms with E-state index < -0.39 is 0 Å². The van der Waals surface area contributed by atoms with Gasteiger partial charge in [-0.3, -0.25) is 9.59 Å². The summed E-state index contributed by atoms with van der Waals surface area (Å²) in [5.74, 6) is 2.44. The van der Waals surface area contributed by atoms with Crippen LogP contribution in [0.1, 0.15) is 52.4 Å². The normalized spacial score (nSPS) is 48.5. The summed E-state index contributed by atoms with van der Waals surface area (Å²) in [6.45, 7) is 4.56. The second-order valence-electron chi connectivity index (χ2n) is 8.05. The second kappa shape index (κ2) is 4.18. The van der Waals surface area contributed by atoms with Crippen LogP contribution in [0.5, 0.6) is 0 Å². The Balaban J connectivity index is 1.77. The summed E-state index contributed by atoms with van der Waals surface area (Å²) in [4.78, 5) is 24.1. The molecule has 2 saturated carbocycles. The van der Waals surface area contributed by atoms with Gasteiger partial charge in [0.15, 0.2) is 5.78 Å². The molecule has 0 bridgehead atoms. The predicted octanol–water partition coefficient (Wildman–Crippen LogP) is 3.86. The molecule has 0 aromatic heterocycles. The molecule has 21 heavy (non-hydrogen) atoms. The number of carbonyl (C=O) groups is 2. The molecule has 0 aromatic rings. The molecule has 0 spiro atoms. The van der Waals surface area contributed by atoms with Crippen LogP contribution in [-0.4, -0.2) is 11.6 Å². The van der Waals surface area contributed by atoms with Crippen molar-refractivity contribution in [2.75, 3.05) is 0 Å². The lowest BCUT2D eigenvalue weighted by molar-refractivity contribution is -0.130. The Labute approximate surface area is 126 Å². The van der Waals surface area contributed by atoms with Gasteiger partial charge in [-0.1, -0.05) is 26.0 Å². The molecular weight excluding hydrogens is 260 g/mol. The average Bonchev–Trinajstić information content (AvgIpc) is 2.76. The van der Waals surface area contributed by atoms with Gasteiger partial charge >= 0.3 is 0 Å². The van der Waals surface area contributed by atoms with E-state index >= 15 is 0 Å². The zero-order valence-electron chi connectivity index (χ0n) is 13.0. The number of rotatable bonds is 0. The summed E-state index contributed by atoms with van der Waals surface area (Å²) in [7, 11) is 0. The molecule has 2 fully saturated rings. The summed E-state index contributed by atoms with van der Waals surface area (Å²) < 4.78 is 0. The van der Waals surface area contributed by atoms with Gasteiger partial charge in [-0.2, -0.15) is 0 Å². The molecule has 0 amide bonds. The highest BCUT2D eigenvalue weighted by Gasteiger charge is 2.57. The van der Waals surface area contributed by atoms with Gasteiger partial charge in [-0.15, -0.1) is 0 Å². The maximum absolute atomic E-state index is 12.3. The van der Waals surface area contributed by atoms with E-state index in [1.165, 1.54) is 5.57 Å². The van der Waals surface area contributed by atoms with Crippen LogP contribution in [0.15, 0.2) is 23.8 Å². The standard InChI is InChI=1S/C19H24O2/c1-18-9-7-13(20)11-12(18)3-4-14-15-5-6-17(21)19(15,2)10-8-16(14)18/h3-4,11,14-16H,5-10H2,1-2H3/t14?,15?,16?,18-,19-/m1/s1. The number of carbonyl (C=O) groups excluding carboxylic acids is 2. The van der Waals surface area contributed by atoms with E-state index in [4.69, 9.17) is 0 Å². The Kier molecular flexibility index (Phi) is 2.68. The van der Waals surface area contributed by atoms with Crippen molar-refractivity contribution in [2.45, 2.75) is 52.4 Å². The van der Waals surface area contributed by atoms with Gasteiger partial charge in [0.25, 0.3) is 0 Å². The number of hydrogen-bond acceptors (Lipinski definition) is 2. The van der Waals surface area contributed by atoms with Gasteiger partial charge in [0, 0.05) is 18.3 Å². The zero-order valence-corrected chi connectivity index (χ0v) is 13.0. The maximum Gasteiger partial charge on any atom is 0.156 e. The van der Waals surface area contributed by atoms with Crippen molar-refractivity contribution in [1.29, 1.82) is 0 Å². The van der Waals surface area contributed by atoms with Gasteiger partial charge in [0.05, 0.1) is 0 Å².